The Bertz CT molecular complexity index is 2040. The Labute approximate surface area is 324 Å². The molecule has 0 N–H and O–H groups in total. The lowest BCUT2D eigenvalue weighted by molar-refractivity contribution is 0.526. The summed E-state index contributed by atoms with van der Waals surface area (Å²) in [6.07, 6.45) is 15.0. The molecular formula is C52H54N2. The van der Waals surface area contributed by atoms with E-state index in [1.165, 1.54) is 81.6 Å². The lowest BCUT2D eigenvalue weighted by atomic mass is 9.87. The predicted molar refractivity (Wildman–Crippen MR) is 233 cm³/mol. The van der Waals surface area contributed by atoms with Gasteiger partial charge in [-0.05, 0) is 128 Å². The molecule has 0 atom stereocenters. The van der Waals surface area contributed by atoms with Gasteiger partial charge in [0.1, 0.15) is 5.66 Å². The average molecular weight is 707 g/mol. The van der Waals surface area contributed by atoms with Crippen LogP contribution >= 0.6 is 0 Å². The Balaban J connectivity index is 1.40. The molecule has 0 fully saturated rings. The van der Waals surface area contributed by atoms with Gasteiger partial charge in [0.15, 0.2) is 0 Å². The fourth-order valence-corrected chi connectivity index (χ4v) is 7.72. The van der Waals surface area contributed by atoms with Crippen molar-refractivity contribution >= 4 is 28.3 Å². The molecule has 0 aromatic heterocycles. The molecule has 7 rings (SSSR count). The van der Waals surface area contributed by atoms with Crippen LogP contribution in [0, 0.1) is 13.8 Å². The Hall–Kier alpha value is -5.60. The number of aryl methyl sites for hydroxylation is 4. The predicted octanol–water partition coefficient (Wildman–Crippen LogP) is 14.4. The maximum absolute atomic E-state index is 2.57. The van der Waals surface area contributed by atoms with Gasteiger partial charge in [0.25, 0.3) is 0 Å². The second-order valence-corrected chi connectivity index (χ2v) is 14.9. The summed E-state index contributed by atoms with van der Waals surface area (Å²) < 4.78 is 0. The van der Waals surface area contributed by atoms with Gasteiger partial charge in [-0.3, -0.25) is 0 Å². The summed E-state index contributed by atoms with van der Waals surface area (Å²) in [5.41, 5.74) is 14.2. The third kappa shape index (κ3) is 8.14. The highest BCUT2D eigenvalue weighted by Crippen LogP contribution is 2.47. The van der Waals surface area contributed by atoms with E-state index in [0.717, 1.165) is 30.6 Å². The number of allylic oxidation sites excluding steroid dienone is 2. The minimum atomic E-state index is -0.617. The first kappa shape index (κ1) is 36.7. The number of anilines is 4. The number of unbranched alkanes of at least 4 members (excludes halogenated alkanes) is 2. The van der Waals surface area contributed by atoms with E-state index in [4.69, 9.17) is 0 Å². The summed E-state index contributed by atoms with van der Waals surface area (Å²) >= 11 is 0. The van der Waals surface area contributed by atoms with Gasteiger partial charge in [-0.2, -0.15) is 0 Å². The topological polar surface area (TPSA) is 6.48 Å². The molecule has 0 heterocycles. The molecule has 2 nitrogen and oxygen atoms in total. The van der Waals surface area contributed by atoms with Crippen LogP contribution in [0.4, 0.5) is 22.7 Å². The minimum absolute atomic E-state index is 0.617. The fourth-order valence-electron chi connectivity index (χ4n) is 7.72. The maximum atomic E-state index is 2.57. The Morgan fingerprint density at radius 2 is 0.870 bits per heavy atom. The van der Waals surface area contributed by atoms with Gasteiger partial charge in [-0.15, -0.1) is 0 Å². The van der Waals surface area contributed by atoms with Crippen molar-refractivity contribution in [2.45, 2.75) is 78.3 Å². The molecule has 0 saturated carbocycles. The summed E-state index contributed by atoms with van der Waals surface area (Å²) in [6, 6.07) is 56.5. The Morgan fingerprint density at radius 1 is 0.463 bits per heavy atom. The van der Waals surface area contributed by atoms with Crippen molar-refractivity contribution in [1.82, 2.24) is 0 Å². The SMILES string of the molecule is CCCCc1ccc(N(c2ccc(C)cc2)C2(N(c3ccc(C)cc3)c3ccc(CCCC)cc3)C=CC(c3ccc(-c4ccccc4)cc3)=CC2)cc1. The minimum Gasteiger partial charge on any atom is -0.314 e. The molecule has 272 valence electrons. The lowest BCUT2D eigenvalue weighted by Gasteiger charge is -2.52. The van der Waals surface area contributed by atoms with Crippen LogP contribution in [0.5, 0.6) is 0 Å². The second-order valence-electron chi connectivity index (χ2n) is 14.9. The maximum Gasteiger partial charge on any atom is 0.145 e. The summed E-state index contributed by atoms with van der Waals surface area (Å²) in [5, 5.41) is 0. The van der Waals surface area contributed by atoms with Gasteiger partial charge in [0.2, 0.25) is 0 Å². The van der Waals surface area contributed by atoms with Crippen LogP contribution in [-0.2, 0) is 12.8 Å². The van der Waals surface area contributed by atoms with E-state index in [0.29, 0.717) is 0 Å². The number of hydrogen-bond donors (Lipinski definition) is 0. The van der Waals surface area contributed by atoms with Crippen molar-refractivity contribution in [2.24, 2.45) is 0 Å². The Morgan fingerprint density at radius 3 is 1.28 bits per heavy atom. The van der Waals surface area contributed by atoms with Gasteiger partial charge in [0.05, 0.1) is 0 Å². The number of hydrogen-bond acceptors (Lipinski definition) is 2. The average Bonchev–Trinajstić information content (AvgIpc) is 3.22. The molecule has 0 spiro atoms. The van der Waals surface area contributed by atoms with Crippen LogP contribution in [0.3, 0.4) is 0 Å². The zero-order valence-electron chi connectivity index (χ0n) is 32.5. The second kappa shape index (κ2) is 17.0. The third-order valence-corrected chi connectivity index (χ3v) is 10.9. The lowest BCUT2D eigenvalue weighted by Crippen LogP contribution is -2.57. The van der Waals surface area contributed by atoms with E-state index in [2.05, 4.69) is 207 Å². The largest absolute Gasteiger partial charge is 0.314 e. The molecule has 6 aromatic rings. The van der Waals surface area contributed by atoms with Crippen molar-refractivity contribution in [3.05, 3.63) is 198 Å². The standard InChI is InChI=1S/C52H54N2/c1-5-7-12-42-20-32-50(33-21-42)53(48-28-16-40(3)17-29-48)52(38-36-47(37-39-52)46-26-24-45(25-27-46)44-14-10-9-11-15-44)54(49-30-18-41(4)19-31-49)51-34-22-43(23-35-51)13-8-6-2/h9-11,14-38H,5-8,12-13,39H2,1-4H3. The van der Waals surface area contributed by atoms with Crippen LogP contribution in [-0.4, -0.2) is 5.66 Å². The van der Waals surface area contributed by atoms with Crippen molar-refractivity contribution < 1.29 is 0 Å². The highest BCUT2D eigenvalue weighted by atomic mass is 15.4. The molecular weight excluding hydrogens is 653 g/mol. The third-order valence-electron chi connectivity index (χ3n) is 10.9. The van der Waals surface area contributed by atoms with E-state index in [1.54, 1.807) is 0 Å². The van der Waals surface area contributed by atoms with E-state index >= 15 is 0 Å². The van der Waals surface area contributed by atoms with Crippen LogP contribution in [0.25, 0.3) is 16.7 Å². The zero-order valence-corrected chi connectivity index (χ0v) is 32.5. The van der Waals surface area contributed by atoms with E-state index in [9.17, 15) is 0 Å². The first-order valence-electron chi connectivity index (χ1n) is 19.9. The molecule has 0 saturated heterocycles. The molecule has 1 aliphatic carbocycles. The first-order chi connectivity index (χ1) is 26.5. The van der Waals surface area contributed by atoms with Gasteiger partial charge in [0, 0.05) is 29.2 Å². The molecule has 1 aliphatic rings. The van der Waals surface area contributed by atoms with Crippen molar-refractivity contribution in [3.8, 4) is 11.1 Å². The van der Waals surface area contributed by atoms with Crippen molar-refractivity contribution in [2.75, 3.05) is 9.80 Å². The quantitative estimate of drug-likeness (QED) is 0.104. The normalized spacial score (nSPS) is 13.4. The number of nitrogens with zero attached hydrogens (tertiary/aromatic N) is 2. The van der Waals surface area contributed by atoms with Crippen LogP contribution < -0.4 is 9.80 Å². The van der Waals surface area contributed by atoms with Crippen molar-refractivity contribution in [1.29, 1.82) is 0 Å². The van der Waals surface area contributed by atoms with E-state index in [-0.39, 0.29) is 0 Å². The molecule has 0 amide bonds. The monoisotopic (exact) mass is 706 g/mol. The van der Waals surface area contributed by atoms with Gasteiger partial charge in [-0.1, -0.05) is 153 Å². The van der Waals surface area contributed by atoms with Gasteiger partial charge < -0.3 is 9.80 Å². The van der Waals surface area contributed by atoms with Crippen LogP contribution in [0.1, 0.15) is 73.8 Å². The van der Waals surface area contributed by atoms with Crippen LogP contribution in [0.2, 0.25) is 0 Å². The summed E-state index contributed by atoms with van der Waals surface area (Å²) in [6.45, 7) is 8.87. The molecule has 0 unspecified atom stereocenters. The van der Waals surface area contributed by atoms with Crippen LogP contribution in [0.15, 0.2) is 170 Å². The summed E-state index contributed by atoms with van der Waals surface area (Å²) in [5.74, 6) is 0. The molecule has 0 aliphatic heterocycles. The van der Waals surface area contributed by atoms with Crippen molar-refractivity contribution in [3.63, 3.8) is 0 Å². The summed E-state index contributed by atoms with van der Waals surface area (Å²) in [7, 11) is 0. The first-order valence-corrected chi connectivity index (χ1v) is 19.9. The van der Waals surface area contributed by atoms with E-state index in [1.807, 2.05) is 0 Å². The highest BCUT2D eigenvalue weighted by molar-refractivity contribution is 5.82. The number of rotatable bonds is 14. The highest BCUT2D eigenvalue weighted by Gasteiger charge is 2.43. The fraction of sp³-hybridized carbons (Fsp3) is 0.231. The Kier molecular flexibility index (Phi) is 11.6. The smallest absolute Gasteiger partial charge is 0.145 e. The molecule has 54 heavy (non-hydrogen) atoms. The molecule has 0 bridgehead atoms. The zero-order chi connectivity index (χ0) is 37.3. The van der Waals surface area contributed by atoms with Gasteiger partial charge in [-0.25, -0.2) is 0 Å². The molecule has 6 aromatic carbocycles. The van der Waals surface area contributed by atoms with Gasteiger partial charge >= 0.3 is 0 Å². The summed E-state index contributed by atoms with van der Waals surface area (Å²) in [4.78, 5) is 5.15. The van der Waals surface area contributed by atoms with E-state index < -0.39 is 5.66 Å². The number of benzene rings is 6. The molecule has 2 heteroatoms. The molecule has 0 radical (unpaired) electrons.